The maximum absolute atomic E-state index is 13.6. The number of hydrogen-bond acceptors (Lipinski definition) is 4. The van der Waals surface area contributed by atoms with Crippen molar-refractivity contribution < 1.29 is 18.3 Å². The predicted octanol–water partition coefficient (Wildman–Crippen LogP) is 1.34. The van der Waals surface area contributed by atoms with Crippen LogP contribution in [-0.4, -0.2) is 54.2 Å². The molecule has 22 heavy (non-hydrogen) atoms. The molecule has 1 amide bonds. The zero-order chi connectivity index (χ0) is 15.5. The monoisotopic (exact) mass is 311 g/mol. The number of carbonyl (C=O) groups is 1. The second-order valence-electron chi connectivity index (χ2n) is 5.77. The van der Waals surface area contributed by atoms with Gasteiger partial charge in [-0.25, -0.2) is 13.8 Å². The van der Waals surface area contributed by atoms with Gasteiger partial charge in [0.15, 0.2) is 11.5 Å². The Morgan fingerprint density at radius 3 is 2.77 bits per heavy atom. The van der Waals surface area contributed by atoms with Crippen LogP contribution >= 0.6 is 0 Å². The Hall–Kier alpha value is -1.60. The molecule has 1 aromatic rings. The van der Waals surface area contributed by atoms with Gasteiger partial charge in [-0.3, -0.25) is 9.69 Å². The average molecular weight is 311 g/mol. The second kappa shape index (κ2) is 6.66. The van der Waals surface area contributed by atoms with E-state index in [-0.39, 0.29) is 17.8 Å². The zero-order valence-electron chi connectivity index (χ0n) is 12.2. The molecule has 2 aliphatic rings. The summed E-state index contributed by atoms with van der Waals surface area (Å²) in [6.45, 7) is 2.94. The number of rotatable bonds is 3. The molecule has 1 aromatic heterocycles. The second-order valence-corrected chi connectivity index (χ2v) is 5.77. The zero-order valence-corrected chi connectivity index (χ0v) is 12.2. The van der Waals surface area contributed by atoms with Gasteiger partial charge in [-0.15, -0.1) is 0 Å². The van der Waals surface area contributed by atoms with E-state index in [1.54, 1.807) is 0 Å². The van der Waals surface area contributed by atoms with Crippen LogP contribution in [0.2, 0.25) is 0 Å². The van der Waals surface area contributed by atoms with Crippen LogP contribution in [0, 0.1) is 11.6 Å². The summed E-state index contributed by atoms with van der Waals surface area (Å²) >= 11 is 0. The molecular formula is C15H19F2N3O2. The summed E-state index contributed by atoms with van der Waals surface area (Å²) < 4.78 is 32.0. The molecule has 0 aliphatic carbocycles. The standard InChI is InChI=1S/C15H19F2N3O2/c16-10-6-11(17)14(18-7-10)15(21)19-12-8-22-9-13(12)20-4-2-1-3-5-20/h6-7,12-13H,1-5,8-9H2,(H,19,21)/t12-,13-/m1/s1. The first-order valence-electron chi connectivity index (χ1n) is 7.59. The molecule has 2 atom stereocenters. The lowest BCUT2D eigenvalue weighted by Gasteiger charge is -2.34. The van der Waals surface area contributed by atoms with Crippen molar-refractivity contribution in [3.05, 3.63) is 29.6 Å². The van der Waals surface area contributed by atoms with E-state index in [0.717, 1.165) is 32.1 Å². The number of piperidine rings is 1. The van der Waals surface area contributed by atoms with Gasteiger partial charge in [-0.2, -0.15) is 0 Å². The molecule has 0 unspecified atom stereocenters. The Morgan fingerprint density at radius 1 is 1.27 bits per heavy atom. The van der Waals surface area contributed by atoms with Crippen molar-refractivity contribution >= 4 is 5.91 Å². The van der Waals surface area contributed by atoms with Gasteiger partial charge in [-0.05, 0) is 25.9 Å². The van der Waals surface area contributed by atoms with Gasteiger partial charge in [0.25, 0.3) is 5.91 Å². The third kappa shape index (κ3) is 3.25. The predicted molar refractivity (Wildman–Crippen MR) is 75.4 cm³/mol. The first-order chi connectivity index (χ1) is 10.6. The molecule has 7 heteroatoms. The Kier molecular flexibility index (Phi) is 4.63. The molecule has 5 nitrogen and oxygen atoms in total. The minimum Gasteiger partial charge on any atom is -0.378 e. The fraction of sp³-hybridized carbons (Fsp3) is 0.600. The van der Waals surface area contributed by atoms with E-state index >= 15 is 0 Å². The summed E-state index contributed by atoms with van der Waals surface area (Å²) in [6.07, 6.45) is 4.35. The normalized spacial score (nSPS) is 26.1. The Morgan fingerprint density at radius 2 is 2.05 bits per heavy atom. The summed E-state index contributed by atoms with van der Waals surface area (Å²) in [5, 5.41) is 2.77. The van der Waals surface area contributed by atoms with Crippen molar-refractivity contribution in [3.63, 3.8) is 0 Å². The van der Waals surface area contributed by atoms with Crippen LogP contribution in [0.15, 0.2) is 12.3 Å². The van der Waals surface area contributed by atoms with Crippen molar-refractivity contribution in [3.8, 4) is 0 Å². The average Bonchev–Trinajstić information content (AvgIpc) is 2.96. The van der Waals surface area contributed by atoms with E-state index in [4.69, 9.17) is 4.74 Å². The van der Waals surface area contributed by atoms with E-state index in [9.17, 15) is 13.6 Å². The first-order valence-corrected chi connectivity index (χ1v) is 7.59. The number of likely N-dealkylation sites (tertiary alicyclic amines) is 1. The van der Waals surface area contributed by atoms with Crippen LogP contribution in [0.5, 0.6) is 0 Å². The summed E-state index contributed by atoms with van der Waals surface area (Å²) in [5.74, 6) is -2.38. The lowest BCUT2D eigenvalue weighted by molar-refractivity contribution is 0.0890. The fourth-order valence-electron chi connectivity index (χ4n) is 3.11. The van der Waals surface area contributed by atoms with Gasteiger partial charge >= 0.3 is 0 Å². The van der Waals surface area contributed by atoms with Crippen molar-refractivity contribution in [1.29, 1.82) is 0 Å². The quantitative estimate of drug-likeness (QED) is 0.915. The number of pyridine rings is 1. The van der Waals surface area contributed by atoms with Gasteiger partial charge < -0.3 is 10.1 Å². The minimum absolute atomic E-state index is 0.104. The maximum atomic E-state index is 13.6. The molecule has 2 fully saturated rings. The first kappa shape index (κ1) is 15.3. The smallest absolute Gasteiger partial charge is 0.273 e. The van der Waals surface area contributed by atoms with Crippen LogP contribution < -0.4 is 5.32 Å². The summed E-state index contributed by atoms with van der Waals surface area (Å²) in [4.78, 5) is 18.0. The number of nitrogens with one attached hydrogen (secondary N) is 1. The van der Waals surface area contributed by atoms with Gasteiger partial charge in [0.05, 0.1) is 31.5 Å². The van der Waals surface area contributed by atoms with Gasteiger partial charge in [0, 0.05) is 6.07 Å². The number of carbonyl (C=O) groups excluding carboxylic acids is 1. The van der Waals surface area contributed by atoms with Crippen LogP contribution in [-0.2, 0) is 4.74 Å². The Balaban J connectivity index is 1.67. The Labute approximate surface area is 127 Å². The molecule has 1 N–H and O–H groups in total. The number of hydrogen-bond donors (Lipinski definition) is 1. The van der Waals surface area contributed by atoms with E-state index in [1.807, 2.05) is 0 Å². The SMILES string of the molecule is O=C(N[C@@H]1COC[C@H]1N1CCCCC1)c1ncc(F)cc1F. The topological polar surface area (TPSA) is 54.5 Å². The highest BCUT2D eigenvalue weighted by molar-refractivity contribution is 5.92. The fourth-order valence-corrected chi connectivity index (χ4v) is 3.11. The van der Waals surface area contributed by atoms with E-state index in [2.05, 4.69) is 15.2 Å². The molecule has 0 bridgehead atoms. The van der Waals surface area contributed by atoms with Crippen molar-refractivity contribution in [2.45, 2.75) is 31.3 Å². The van der Waals surface area contributed by atoms with Gasteiger partial charge in [-0.1, -0.05) is 6.42 Å². The highest BCUT2D eigenvalue weighted by atomic mass is 19.1. The summed E-state index contributed by atoms with van der Waals surface area (Å²) in [6, 6.07) is 0.569. The molecule has 0 spiro atoms. The van der Waals surface area contributed by atoms with Crippen LogP contribution in [0.4, 0.5) is 8.78 Å². The molecule has 0 radical (unpaired) electrons. The lowest BCUT2D eigenvalue weighted by atomic mass is 10.0. The van der Waals surface area contributed by atoms with Crippen LogP contribution in [0.3, 0.4) is 0 Å². The van der Waals surface area contributed by atoms with Gasteiger partial charge in [0.1, 0.15) is 5.82 Å². The number of ether oxygens (including phenoxy) is 1. The number of nitrogens with zero attached hydrogens (tertiary/aromatic N) is 2. The van der Waals surface area contributed by atoms with Crippen LogP contribution in [0.25, 0.3) is 0 Å². The number of halogens is 2. The van der Waals surface area contributed by atoms with Crippen molar-refractivity contribution in [2.24, 2.45) is 0 Å². The molecule has 3 heterocycles. The van der Waals surface area contributed by atoms with Crippen molar-refractivity contribution in [1.82, 2.24) is 15.2 Å². The molecule has 3 rings (SSSR count). The van der Waals surface area contributed by atoms with E-state index < -0.39 is 17.5 Å². The number of amides is 1. The maximum Gasteiger partial charge on any atom is 0.273 e. The molecule has 2 saturated heterocycles. The molecule has 2 aliphatic heterocycles. The third-order valence-corrected chi connectivity index (χ3v) is 4.25. The van der Waals surface area contributed by atoms with E-state index in [1.165, 1.54) is 6.42 Å². The highest BCUT2D eigenvalue weighted by Crippen LogP contribution is 2.19. The minimum atomic E-state index is -0.953. The van der Waals surface area contributed by atoms with Gasteiger partial charge in [0.2, 0.25) is 0 Å². The molecular weight excluding hydrogens is 292 g/mol. The summed E-state index contributed by atoms with van der Waals surface area (Å²) in [7, 11) is 0. The molecule has 0 aromatic carbocycles. The van der Waals surface area contributed by atoms with Crippen molar-refractivity contribution in [2.75, 3.05) is 26.3 Å². The Bertz CT molecular complexity index is 550. The lowest BCUT2D eigenvalue weighted by Crippen LogP contribution is -2.52. The number of aromatic nitrogens is 1. The van der Waals surface area contributed by atoms with E-state index in [0.29, 0.717) is 19.3 Å². The summed E-state index contributed by atoms with van der Waals surface area (Å²) in [5.41, 5.74) is -0.384. The molecule has 0 saturated carbocycles. The van der Waals surface area contributed by atoms with Crippen LogP contribution in [0.1, 0.15) is 29.8 Å². The largest absolute Gasteiger partial charge is 0.378 e. The third-order valence-electron chi connectivity index (χ3n) is 4.25. The highest BCUT2D eigenvalue weighted by Gasteiger charge is 2.35. The molecule has 120 valence electrons.